The summed E-state index contributed by atoms with van der Waals surface area (Å²) in [6, 6.07) is 6.02. The van der Waals surface area contributed by atoms with Crippen LogP contribution in [0.2, 0.25) is 5.02 Å². The van der Waals surface area contributed by atoms with E-state index in [-0.39, 0.29) is 12.3 Å². The smallest absolute Gasteiger partial charge is 0.303 e. The van der Waals surface area contributed by atoms with Crippen LogP contribution in [-0.4, -0.2) is 15.6 Å². The topological polar surface area (TPSA) is 42.2 Å². The molecule has 0 aliphatic heterocycles. The number of carboxylic acid groups (broad SMARTS) is 1. The average molecular weight is 278 g/mol. The van der Waals surface area contributed by atoms with Crippen molar-refractivity contribution in [2.24, 2.45) is 13.0 Å². The molecule has 2 aromatic rings. The summed E-state index contributed by atoms with van der Waals surface area (Å²) in [5.74, 6) is -0.217. The van der Waals surface area contributed by atoms with Crippen LogP contribution in [0.15, 0.2) is 24.4 Å². The Bertz CT molecular complexity index is 643. The van der Waals surface area contributed by atoms with E-state index in [1.165, 1.54) is 0 Å². The van der Waals surface area contributed by atoms with Gasteiger partial charge in [0.15, 0.2) is 0 Å². The predicted octanol–water partition coefficient (Wildman–Crippen LogP) is 3.80. The van der Waals surface area contributed by atoms with Gasteiger partial charge in [-0.25, -0.2) is 0 Å². The van der Waals surface area contributed by atoms with Crippen LogP contribution in [0.5, 0.6) is 0 Å². The molecular formula is C15H16ClNO2. The molecule has 1 unspecified atom stereocenters. The summed E-state index contributed by atoms with van der Waals surface area (Å²) in [6.07, 6.45) is 4.37. The number of carboxylic acids is 1. The molecular weight excluding hydrogens is 262 g/mol. The van der Waals surface area contributed by atoms with Gasteiger partial charge in [0.05, 0.1) is 11.4 Å². The number of fused-ring (bicyclic) bond motifs is 1. The summed E-state index contributed by atoms with van der Waals surface area (Å²) in [4.78, 5) is 11.0. The Morgan fingerprint density at radius 2 is 2.21 bits per heavy atom. The molecule has 1 atom stereocenters. The quantitative estimate of drug-likeness (QED) is 0.924. The highest BCUT2D eigenvalue weighted by molar-refractivity contribution is 6.36. The summed E-state index contributed by atoms with van der Waals surface area (Å²) < 4.78 is 2.02. The molecule has 1 aliphatic carbocycles. The minimum Gasteiger partial charge on any atom is -0.481 e. The lowest BCUT2D eigenvalue weighted by atomic mass is 9.90. The van der Waals surface area contributed by atoms with Crippen molar-refractivity contribution in [3.63, 3.8) is 0 Å². The molecule has 0 radical (unpaired) electrons. The Hall–Kier alpha value is -1.48. The second kappa shape index (κ2) is 4.57. The number of hydrogen-bond donors (Lipinski definition) is 1. The van der Waals surface area contributed by atoms with Gasteiger partial charge in [-0.3, -0.25) is 4.79 Å². The Balaban J connectivity index is 2.07. The van der Waals surface area contributed by atoms with Crippen LogP contribution >= 0.6 is 11.6 Å². The number of aryl methyl sites for hydroxylation is 1. The molecule has 0 spiro atoms. The third-order valence-corrected chi connectivity index (χ3v) is 4.44. The molecule has 1 N–H and O–H groups in total. The van der Waals surface area contributed by atoms with Gasteiger partial charge >= 0.3 is 5.97 Å². The molecule has 4 heteroatoms. The molecule has 100 valence electrons. The first kappa shape index (κ1) is 12.5. The lowest BCUT2D eigenvalue weighted by Crippen LogP contribution is -2.09. The first-order chi connectivity index (χ1) is 9.08. The van der Waals surface area contributed by atoms with Gasteiger partial charge in [0.25, 0.3) is 0 Å². The fraction of sp³-hybridized carbons (Fsp3) is 0.400. The van der Waals surface area contributed by atoms with E-state index in [0.717, 1.165) is 34.3 Å². The molecule has 1 aliphatic rings. The number of hydrogen-bond acceptors (Lipinski definition) is 1. The van der Waals surface area contributed by atoms with Crippen molar-refractivity contribution in [1.29, 1.82) is 0 Å². The normalized spacial score (nSPS) is 16.7. The Morgan fingerprint density at radius 3 is 2.84 bits per heavy atom. The van der Waals surface area contributed by atoms with Crippen molar-refractivity contribution in [1.82, 2.24) is 4.57 Å². The lowest BCUT2D eigenvalue weighted by molar-refractivity contribution is -0.137. The number of benzene rings is 1. The second-order valence-electron chi connectivity index (χ2n) is 5.37. The molecule has 3 rings (SSSR count). The molecule has 1 heterocycles. The van der Waals surface area contributed by atoms with Crippen LogP contribution in [0, 0.1) is 5.92 Å². The van der Waals surface area contributed by atoms with Gasteiger partial charge < -0.3 is 9.67 Å². The van der Waals surface area contributed by atoms with Crippen LogP contribution in [0.3, 0.4) is 0 Å². The first-order valence-electron chi connectivity index (χ1n) is 6.53. The Labute approximate surface area is 116 Å². The third-order valence-electron chi connectivity index (χ3n) is 4.02. The summed E-state index contributed by atoms with van der Waals surface area (Å²) in [7, 11) is 1.98. The summed E-state index contributed by atoms with van der Waals surface area (Å²) >= 11 is 6.50. The second-order valence-corrected chi connectivity index (χ2v) is 5.75. The van der Waals surface area contributed by atoms with Crippen LogP contribution in [-0.2, 0) is 11.8 Å². The number of carbonyl (C=O) groups is 1. The van der Waals surface area contributed by atoms with E-state index in [1.54, 1.807) is 0 Å². The van der Waals surface area contributed by atoms with Crippen LogP contribution in [0.4, 0.5) is 0 Å². The Morgan fingerprint density at radius 1 is 1.47 bits per heavy atom. The van der Waals surface area contributed by atoms with Crippen LogP contribution in [0.1, 0.15) is 30.7 Å². The van der Waals surface area contributed by atoms with Crippen molar-refractivity contribution in [3.8, 4) is 0 Å². The number of nitrogens with zero attached hydrogens (tertiary/aromatic N) is 1. The van der Waals surface area contributed by atoms with E-state index in [0.29, 0.717) is 5.92 Å². The molecule has 0 bridgehead atoms. The average Bonchev–Trinajstić information content (AvgIpc) is 3.12. The fourth-order valence-electron chi connectivity index (χ4n) is 2.84. The van der Waals surface area contributed by atoms with Crippen molar-refractivity contribution in [2.75, 3.05) is 0 Å². The number of aliphatic carboxylic acids is 1. The molecule has 1 fully saturated rings. The molecule has 1 saturated carbocycles. The lowest BCUT2D eigenvalue weighted by Gasteiger charge is -2.16. The van der Waals surface area contributed by atoms with E-state index in [1.807, 2.05) is 36.0 Å². The highest BCUT2D eigenvalue weighted by Gasteiger charge is 2.35. The van der Waals surface area contributed by atoms with E-state index >= 15 is 0 Å². The predicted molar refractivity (Wildman–Crippen MR) is 75.6 cm³/mol. The molecule has 1 aromatic carbocycles. The maximum absolute atomic E-state index is 11.0. The van der Waals surface area contributed by atoms with Crippen LogP contribution in [0.25, 0.3) is 10.9 Å². The highest BCUT2D eigenvalue weighted by atomic mass is 35.5. The Kier molecular flexibility index (Phi) is 3.02. The standard InChI is InChI=1S/C15H16ClNO2/c1-17-7-6-11-13(17)5-4-10(15(11)16)12(8-14(18)19)9-2-3-9/h4-7,9,12H,2-3,8H2,1H3,(H,18,19). The minimum atomic E-state index is -0.749. The zero-order valence-corrected chi connectivity index (χ0v) is 11.5. The van der Waals surface area contributed by atoms with Gasteiger partial charge in [-0.15, -0.1) is 0 Å². The molecule has 3 nitrogen and oxygen atoms in total. The van der Waals surface area contributed by atoms with E-state index in [2.05, 4.69) is 0 Å². The monoisotopic (exact) mass is 277 g/mol. The summed E-state index contributed by atoms with van der Waals surface area (Å²) in [5, 5.41) is 10.8. The van der Waals surface area contributed by atoms with E-state index < -0.39 is 5.97 Å². The van der Waals surface area contributed by atoms with Gasteiger partial charge in [0.2, 0.25) is 0 Å². The van der Waals surface area contributed by atoms with Crippen LogP contribution < -0.4 is 0 Å². The van der Waals surface area contributed by atoms with Gasteiger partial charge in [0.1, 0.15) is 0 Å². The zero-order valence-electron chi connectivity index (χ0n) is 10.8. The van der Waals surface area contributed by atoms with Crippen molar-refractivity contribution < 1.29 is 9.90 Å². The SMILES string of the molecule is Cn1ccc2c(Cl)c(C(CC(=O)O)C3CC3)ccc21. The number of halogens is 1. The van der Waals surface area contributed by atoms with E-state index in [9.17, 15) is 4.79 Å². The number of rotatable bonds is 4. The van der Waals surface area contributed by atoms with Gasteiger partial charge in [-0.1, -0.05) is 17.7 Å². The maximum atomic E-state index is 11.0. The van der Waals surface area contributed by atoms with E-state index in [4.69, 9.17) is 16.7 Å². The molecule has 19 heavy (non-hydrogen) atoms. The summed E-state index contributed by atoms with van der Waals surface area (Å²) in [6.45, 7) is 0. The first-order valence-corrected chi connectivity index (χ1v) is 6.91. The fourth-order valence-corrected chi connectivity index (χ4v) is 3.20. The van der Waals surface area contributed by atoms with Crippen molar-refractivity contribution in [2.45, 2.75) is 25.2 Å². The third kappa shape index (κ3) is 2.23. The zero-order chi connectivity index (χ0) is 13.6. The summed E-state index contributed by atoms with van der Waals surface area (Å²) in [5.41, 5.74) is 2.07. The molecule has 1 aromatic heterocycles. The maximum Gasteiger partial charge on any atom is 0.303 e. The molecule has 0 amide bonds. The van der Waals surface area contributed by atoms with Gasteiger partial charge in [-0.2, -0.15) is 0 Å². The van der Waals surface area contributed by atoms with Crippen molar-refractivity contribution in [3.05, 3.63) is 35.0 Å². The number of aromatic nitrogens is 1. The highest BCUT2D eigenvalue weighted by Crippen LogP contribution is 2.47. The van der Waals surface area contributed by atoms with Crippen molar-refractivity contribution >= 4 is 28.5 Å². The van der Waals surface area contributed by atoms with Gasteiger partial charge in [-0.05, 0) is 42.4 Å². The minimum absolute atomic E-state index is 0.0506. The largest absolute Gasteiger partial charge is 0.481 e. The molecule has 0 saturated heterocycles. The van der Waals surface area contributed by atoms with Gasteiger partial charge in [0, 0.05) is 24.1 Å².